The van der Waals surface area contributed by atoms with Crippen LogP contribution in [0.3, 0.4) is 0 Å². The van der Waals surface area contributed by atoms with E-state index in [2.05, 4.69) is 4.40 Å². The molecule has 1 heterocycles. The third kappa shape index (κ3) is 3.30. The van der Waals surface area contributed by atoms with Gasteiger partial charge in [-0.05, 0) is 45.0 Å². The van der Waals surface area contributed by atoms with E-state index in [9.17, 15) is 4.55 Å². The van der Waals surface area contributed by atoms with Gasteiger partial charge in [0.05, 0.1) is 7.11 Å². The second-order valence-corrected chi connectivity index (χ2v) is 7.08. The molecule has 0 spiro atoms. The maximum absolute atomic E-state index is 11.8. The zero-order chi connectivity index (χ0) is 14.0. The minimum atomic E-state index is -1.28. The number of fused-ring (bicyclic) bond motifs is 1. The minimum absolute atomic E-state index is 0.369. The summed E-state index contributed by atoms with van der Waals surface area (Å²) >= 11 is -1.28. The van der Waals surface area contributed by atoms with Gasteiger partial charge in [0.15, 0.2) is 5.76 Å². The average Bonchev–Trinajstić information content (AvgIpc) is 2.76. The predicted octanol–water partition coefficient (Wildman–Crippen LogP) is 3.32. The number of nitrogens with zero attached hydrogens (tertiary/aromatic N) is 1. The van der Waals surface area contributed by atoms with Gasteiger partial charge < -0.3 is 13.7 Å². The fourth-order valence-electron chi connectivity index (χ4n) is 1.49. The van der Waals surface area contributed by atoms with Crippen molar-refractivity contribution >= 4 is 28.5 Å². The molecule has 0 bridgehead atoms. The zero-order valence-corrected chi connectivity index (χ0v) is 12.3. The number of furan rings is 1. The van der Waals surface area contributed by atoms with Crippen LogP contribution in [0.2, 0.25) is 0 Å². The molecule has 2 rings (SSSR count). The van der Waals surface area contributed by atoms with E-state index in [0.717, 1.165) is 16.7 Å². The summed E-state index contributed by atoms with van der Waals surface area (Å²) in [4.78, 5) is 0. The Morgan fingerprint density at radius 2 is 2.05 bits per heavy atom. The number of methoxy groups -OCH3 is 1. The van der Waals surface area contributed by atoms with Gasteiger partial charge >= 0.3 is 0 Å². The van der Waals surface area contributed by atoms with Crippen molar-refractivity contribution < 1.29 is 13.7 Å². The lowest BCUT2D eigenvalue weighted by Gasteiger charge is -2.17. The second kappa shape index (κ2) is 5.27. The Labute approximate surface area is 115 Å². The lowest BCUT2D eigenvalue weighted by molar-refractivity contribution is 0.415. The van der Waals surface area contributed by atoms with Gasteiger partial charge in [0.2, 0.25) is 0 Å². The van der Waals surface area contributed by atoms with Gasteiger partial charge in [-0.3, -0.25) is 0 Å². The average molecular weight is 279 g/mol. The molecule has 4 nitrogen and oxygen atoms in total. The molecule has 2 aromatic rings. The van der Waals surface area contributed by atoms with Gasteiger partial charge in [0.1, 0.15) is 33.7 Å². The van der Waals surface area contributed by atoms with Gasteiger partial charge in [0, 0.05) is 5.39 Å². The van der Waals surface area contributed by atoms with Crippen LogP contribution in [0.1, 0.15) is 26.5 Å². The Morgan fingerprint density at radius 1 is 1.32 bits per heavy atom. The fourth-order valence-corrected chi connectivity index (χ4v) is 2.01. The van der Waals surface area contributed by atoms with E-state index < -0.39 is 11.4 Å². The Kier molecular flexibility index (Phi) is 3.87. The highest BCUT2D eigenvalue weighted by atomic mass is 32.2. The third-order valence-electron chi connectivity index (χ3n) is 2.54. The Morgan fingerprint density at radius 3 is 2.68 bits per heavy atom. The highest BCUT2D eigenvalue weighted by Crippen LogP contribution is 2.24. The fraction of sp³-hybridized carbons (Fsp3) is 0.357. The summed E-state index contributed by atoms with van der Waals surface area (Å²) < 4.78 is 26.2. The molecule has 0 aliphatic heterocycles. The molecule has 1 aromatic carbocycles. The van der Waals surface area contributed by atoms with Gasteiger partial charge in [-0.15, -0.1) is 0 Å². The molecular formula is C14H17NO3S. The first-order chi connectivity index (χ1) is 8.90. The normalized spacial score (nSPS) is 14.2. The quantitative estimate of drug-likeness (QED) is 0.639. The number of hydrogen-bond acceptors (Lipinski definition) is 4. The first-order valence-corrected chi connectivity index (χ1v) is 7.04. The lowest BCUT2D eigenvalue weighted by Crippen LogP contribution is -2.25. The summed E-state index contributed by atoms with van der Waals surface area (Å²) in [5.74, 6) is 1.36. The summed E-state index contributed by atoms with van der Waals surface area (Å²) in [7, 11) is 1.62. The monoisotopic (exact) mass is 279 g/mol. The number of benzene rings is 1. The molecule has 0 aliphatic carbocycles. The highest BCUT2D eigenvalue weighted by molar-refractivity contribution is 7.91. The molecular weight excluding hydrogens is 262 g/mol. The minimum Gasteiger partial charge on any atom is -0.591 e. The van der Waals surface area contributed by atoms with E-state index in [0.29, 0.717) is 5.76 Å². The van der Waals surface area contributed by atoms with Crippen LogP contribution in [-0.4, -0.2) is 22.6 Å². The van der Waals surface area contributed by atoms with Crippen molar-refractivity contribution in [2.24, 2.45) is 4.40 Å². The smallest absolute Gasteiger partial charge is 0.150 e. The molecule has 0 saturated heterocycles. The number of ether oxygens (including phenoxy) is 1. The predicted molar refractivity (Wildman–Crippen MR) is 78.3 cm³/mol. The number of rotatable bonds is 3. The highest BCUT2D eigenvalue weighted by Gasteiger charge is 2.25. The van der Waals surface area contributed by atoms with Crippen molar-refractivity contribution in [3.05, 3.63) is 30.0 Å². The SMILES string of the molecule is COc1ccc2oc(C=N[S@@+]([O-])C(C)(C)C)cc2c1. The second-order valence-electron chi connectivity index (χ2n) is 5.15. The first kappa shape index (κ1) is 14.0. The Balaban J connectivity index is 2.24. The topological polar surface area (TPSA) is 57.8 Å². The maximum Gasteiger partial charge on any atom is 0.150 e. The Hall–Kier alpha value is -1.46. The molecule has 0 radical (unpaired) electrons. The van der Waals surface area contributed by atoms with Crippen molar-refractivity contribution in [2.75, 3.05) is 7.11 Å². The van der Waals surface area contributed by atoms with Crippen molar-refractivity contribution in [1.82, 2.24) is 0 Å². The van der Waals surface area contributed by atoms with E-state index in [4.69, 9.17) is 9.15 Å². The zero-order valence-electron chi connectivity index (χ0n) is 11.5. The van der Waals surface area contributed by atoms with Crippen LogP contribution < -0.4 is 4.74 Å². The van der Waals surface area contributed by atoms with E-state index >= 15 is 0 Å². The molecule has 19 heavy (non-hydrogen) atoms. The van der Waals surface area contributed by atoms with Gasteiger partial charge in [-0.25, -0.2) is 0 Å². The van der Waals surface area contributed by atoms with Crippen LogP contribution in [0.25, 0.3) is 11.0 Å². The summed E-state index contributed by atoms with van der Waals surface area (Å²) in [5, 5.41) is 0.933. The largest absolute Gasteiger partial charge is 0.591 e. The van der Waals surface area contributed by atoms with Crippen molar-refractivity contribution in [3.63, 3.8) is 0 Å². The van der Waals surface area contributed by atoms with E-state index in [1.807, 2.05) is 45.0 Å². The van der Waals surface area contributed by atoms with Crippen LogP contribution >= 0.6 is 0 Å². The van der Waals surface area contributed by atoms with E-state index in [-0.39, 0.29) is 4.75 Å². The van der Waals surface area contributed by atoms with Gasteiger partial charge in [-0.1, -0.05) is 4.40 Å². The molecule has 0 saturated carbocycles. The van der Waals surface area contributed by atoms with Crippen molar-refractivity contribution in [1.29, 1.82) is 0 Å². The maximum atomic E-state index is 11.8. The molecule has 0 unspecified atom stereocenters. The van der Waals surface area contributed by atoms with Gasteiger partial charge in [-0.2, -0.15) is 0 Å². The standard InChI is InChI=1S/C14H17NO3S/c1-14(2,3)19(16)15-9-12-8-10-7-11(17-4)5-6-13(10)18-12/h5-9H,1-4H3/t19-/m0/s1. The molecule has 5 heteroatoms. The van der Waals surface area contributed by atoms with Crippen molar-refractivity contribution in [3.8, 4) is 5.75 Å². The molecule has 1 atom stereocenters. The first-order valence-electron chi connectivity index (χ1n) is 5.94. The van der Waals surface area contributed by atoms with Gasteiger partial charge in [0.25, 0.3) is 0 Å². The van der Waals surface area contributed by atoms with Crippen LogP contribution in [0, 0.1) is 0 Å². The molecule has 0 fully saturated rings. The number of hydrogen-bond donors (Lipinski definition) is 0. The van der Waals surface area contributed by atoms with E-state index in [1.165, 1.54) is 6.21 Å². The van der Waals surface area contributed by atoms with Crippen LogP contribution in [0.15, 0.2) is 33.1 Å². The Bertz CT molecular complexity index is 598. The summed E-state index contributed by atoms with van der Waals surface area (Å²) in [6, 6.07) is 7.41. The van der Waals surface area contributed by atoms with Crippen LogP contribution in [0.5, 0.6) is 5.75 Å². The molecule has 0 N–H and O–H groups in total. The van der Waals surface area contributed by atoms with E-state index in [1.54, 1.807) is 7.11 Å². The lowest BCUT2D eigenvalue weighted by atomic mass is 10.2. The van der Waals surface area contributed by atoms with Crippen molar-refractivity contribution in [2.45, 2.75) is 25.5 Å². The van der Waals surface area contributed by atoms with Crippen LogP contribution in [0.4, 0.5) is 0 Å². The summed E-state index contributed by atoms with van der Waals surface area (Å²) in [6.45, 7) is 5.64. The third-order valence-corrected chi connectivity index (χ3v) is 3.89. The molecule has 0 amide bonds. The summed E-state index contributed by atoms with van der Waals surface area (Å²) in [5.41, 5.74) is 0.754. The molecule has 102 valence electrons. The molecule has 0 aliphatic rings. The van der Waals surface area contributed by atoms with Crippen LogP contribution in [-0.2, 0) is 11.4 Å². The molecule has 1 aromatic heterocycles. The summed E-state index contributed by atoms with van der Waals surface area (Å²) in [6.07, 6.45) is 1.51.